The van der Waals surface area contributed by atoms with Gasteiger partial charge in [-0.3, -0.25) is 9.79 Å². The molecular weight excluding hydrogens is 406 g/mol. The maximum absolute atomic E-state index is 12.9. The normalized spacial score (nSPS) is 13.3. The molecule has 9 nitrogen and oxygen atoms in total. The first-order valence-corrected chi connectivity index (χ1v) is 10.3. The summed E-state index contributed by atoms with van der Waals surface area (Å²) < 4.78 is 5.61. The lowest BCUT2D eigenvalue weighted by molar-refractivity contribution is 0.102. The van der Waals surface area contributed by atoms with Gasteiger partial charge >= 0.3 is 0 Å². The molecule has 3 N–H and O–H groups in total. The summed E-state index contributed by atoms with van der Waals surface area (Å²) in [5.41, 5.74) is 2.67. The van der Waals surface area contributed by atoms with Crippen molar-refractivity contribution in [3.8, 4) is 0 Å². The Balaban J connectivity index is 1.45. The van der Waals surface area contributed by atoms with Crippen molar-refractivity contribution >= 4 is 23.6 Å². The minimum atomic E-state index is -0.448. The Bertz CT molecular complexity index is 1160. The molecule has 0 saturated heterocycles. The summed E-state index contributed by atoms with van der Waals surface area (Å²) in [6.45, 7) is 6.86. The number of carbonyl (C=O) groups excluding carboxylic acids is 1. The van der Waals surface area contributed by atoms with E-state index in [0.29, 0.717) is 42.1 Å². The molecule has 1 aromatic carbocycles. The number of nitrogens with zero attached hydrogens (tertiary/aromatic N) is 4. The summed E-state index contributed by atoms with van der Waals surface area (Å²) in [5, 5.41) is 17.4. The first-order chi connectivity index (χ1) is 15.4. The topological polar surface area (TPSA) is 117 Å². The van der Waals surface area contributed by atoms with Gasteiger partial charge in [-0.25, -0.2) is 4.98 Å². The molecule has 1 aliphatic rings. The van der Waals surface area contributed by atoms with Crippen molar-refractivity contribution in [3.63, 3.8) is 0 Å². The zero-order chi connectivity index (χ0) is 22.6. The molecule has 0 saturated carbocycles. The van der Waals surface area contributed by atoms with Crippen LogP contribution in [-0.2, 0) is 5.41 Å². The molecule has 0 spiro atoms. The fourth-order valence-corrected chi connectivity index (χ4v) is 3.27. The fraction of sp³-hybridized carbons (Fsp3) is 0.261. The van der Waals surface area contributed by atoms with Crippen LogP contribution in [0.1, 0.15) is 41.6 Å². The Hall–Kier alpha value is -4.01. The smallest absolute Gasteiger partial charge is 0.259 e. The fourth-order valence-electron chi connectivity index (χ4n) is 3.27. The average Bonchev–Trinajstić information content (AvgIpc) is 3.26. The van der Waals surface area contributed by atoms with Crippen LogP contribution >= 0.6 is 0 Å². The highest BCUT2D eigenvalue weighted by atomic mass is 16.4. The van der Waals surface area contributed by atoms with Gasteiger partial charge in [0.15, 0.2) is 0 Å². The summed E-state index contributed by atoms with van der Waals surface area (Å²) in [4.78, 5) is 21.3. The number of benzene rings is 1. The SMILES string of the molecule is Cc1nnc(C(C)(C)c2ccc(NC(=O)c3cccnc3NCC3=CC=NCN3)cc2)o1. The van der Waals surface area contributed by atoms with E-state index in [9.17, 15) is 4.79 Å². The van der Waals surface area contributed by atoms with Crippen LogP contribution in [0.2, 0.25) is 0 Å². The van der Waals surface area contributed by atoms with E-state index in [1.807, 2.05) is 44.2 Å². The van der Waals surface area contributed by atoms with E-state index >= 15 is 0 Å². The number of allylic oxidation sites excluding steroid dienone is 1. The van der Waals surface area contributed by atoms with Crippen LogP contribution in [0.5, 0.6) is 0 Å². The van der Waals surface area contributed by atoms with Gasteiger partial charge in [-0.1, -0.05) is 12.1 Å². The summed E-state index contributed by atoms with van der Waals surface area (Å²) in [6.07, 6.45) is 5.29. The predicted octanol–water partition coefficient (Wildman–Crippen LogP) is 3.28. The number of hydrogen-bond donors (Lipinski definition) is 3. The van der Waals surface area contributed by atoms with Crippen molar-refractivity contribution in [2.45, 2.75) is 26.2 Å². The minimum Gasteiger partial charge on any atom is -0.425 e. The minimum absolute atomic E-state index is 0.243. The van der Waals surface area contributed by atoms with Crippen LogP contribution in [0.15, 0.2) is 63.8 Å². The van der Waals surface area contributed by atoms with Gasteiger partial charge in [0.05, 0.1) is 17.5 Å². The highest BCUT2D eigenvalue weighted by molar-refractivity contribution is 6.07. The molecule has 0 atom stereocenters. The molecule has 164 valence electrons. The van der Waals surface area contributed by atoms with E-state index in [1.165, 1.54) is 0 Å². The Labute approximate surface area is 186 Å². The van der Waals surface area contributed by atoms with Gasteiger partial charge in [0, 0.05) is 30.7 Å². The number of pyridine rings is 1. The lowest BCUT2D eigenvalue weighted by atomic mass is 9.84. The number of amides is 1. The number of aliphatic imine (C=N–C) groups is 1. The van der Waals surface area contributed by atoms with Crippen LogP contribution in [0, 0.1) is 6.92 Å². The average molecular weight is 432 g/mol. The number of carbonyl (C=O) groups is 1. The van der Waals surface area contributed by atoms with Crippen LogP contribution in [0.25, 0.3) is 0 Å². The summed E-state index contributed by atoms with van der Waals surface area (Å²) in [7, 11) is 0. The second-order valence-corrected chi connectivity index (χ2v) is 7.89. The molecule has 0 radical (unpaired) electrons. The second-order valence-electron chi connectivity index (χ2n) is 7.89. The molecule has 0 bridgehead atoms. The number of anilines is 2. The second kappa shape index (κ2) is 9.01. The van der Waals surface area contributed by atoms with Gasteiger partial charge < -0.3 is 20.4 Å². The Morgan fingerprint density at radius 3 is 2.69 bits per heavy atom. The maximum Gasteiger partial charge on any atom is 0.259 e. The van der Waals surface area contributed by atoms with Gasteiger partial charge in [0.2, 0.25) is 11.8 Å². The molecule has 0 fully saturated rings. The van der Waals surface area contributed by atoms with Crippen molar-refractivity contribution in [3.05, 3.63) is 77.3 Å². The summed E-state index contributed by atoms with van der Waals surface area (Å²) in [5.74, 6) is 1.35. The van der Waals surface area contributed by atoms with Crippen LogP contribution in [-0.4, -0.2) is 40.5 Å². The van der Waals surface area contributed by atoms with Gasteiger partial charge in [-0.2, -0.15) is 0 Å². The zero-order valence-corrected chi connectivity index (χ0v) is 18.2. The quantitative estimate of drug-likeness (QED) is 0.525. The third-order valence-corrected chi connectivity index (χ3v) is 5.20. The monoisotopic (exact) mass is 431 g/mol. The number of nitrogens with one attached hydrogen (secondary N) is 3. The third kappa shape index (κ3) is 4.66. The number of aryl methyl sites for hydroxylation is 1. The van der Waals surface area contributed by atoms with E-state index in [0.717, 1.165) is 11.3 Å². The van der Waals surface area contributed by atoms with Crippen molar-refractivity contribution in [1.29, 1.82) is 0 Å². The number of aromatic nitrogens is 3. The van der Waals surface area contributed by atoms with E-state index in [-0.39, 0.29) is 5.91 Å². The molecule has 9 heteroatoms. The highest BCUT2D eigenvalue weighted by Crippen LogP contribution is 2.31. The van der Waals surface area contributed by atoms with Crippen molar-refractivity contribution in [2.75, 3.05) is 23.8 Å². The maximum atomic E-state index is 12.9. The van der Waals surface area contributed by atoms with E-state index in [1.54, 1.807) is 31.5 Å². The molecule has 3 aromatic rings. The number of rotatable bonds is 7. The summed E-state index contributed by atoms with van der Waals surface area (Å²) >= 11 is 0. The van der Waals surface area contributed by atoms with Crippen molar-refractivity contribution in [2.24, 2.45) is 4.99 Å². The van der Waals surface area contributed by atoms with E-state index in [2.05, 4.69) is 36.1 Å². The van der Waals surface area contributed by atoms with Crippen molar-refractivity contribution < 1.29 is 9.21 Å². The van der Waals surface area contributed by atoms with Gasteiger partial charge in [0.1, 0.15) is 12.5 Å². The molecular formula is C23H25N7O2. The highest BCUT2D eigenvalue weighted by Gasteiger charge is 2.29. The van der Waals surface area contributed by atoms with E-state index in [4.69, 9.17) is 4.42 Å². The first kappa shape index (κ1) is 21.2. The lowest BCUT2D eigenvalue weighted by Gasteiger charge is -2.21. The third-order valence-electron chi connectivity index (χ3n) is 5.20. The predicted molar refractivity (Wildman–Crippen MR) is 123 cm³/mol. The molecule has 32 heavy (non-hydrogen) atoms. The molecule has 1 amide bonds. The Morgan fingerprint density at radius 2 is 2.00 bits per heavy atom. The first-order valence-electron chi connectivity index (χ1n) is 10.3. The zero-order valence-electron chi connectivity index (χ0n) is 18.2. The molecule has 1 aliphatic heterocycles. The van der Waals surface area contributed by atoms with Crippen LogP contribution in [0.4, 0.5) is 11.5 Å². The van der Waals surface area contributed by atoms with Gasteiger partial charge in [0.25, 0.3) is 5.91 Å². The Morgan fingerprint density at radius 1 is 1.19 bits per heavy atom. The van der Waals surface area contributed by atoms with Crippen LogP contribution < -0.4 is 16.0 Å². The largest absolute Gasteiger partial charge is 0.425 e. The van der Waals surface area contributed by atoms with Crippen LogP contribution in [0.3, 0.4) is 0 Å². The standard InChI is InChI=1S/C23H25N7O2/c1-15-29-30-22(32-15)23(2,3)16-6-8-17(9-7-16)28-21(31)19-5-4-11-25-20(19)26-13-18-10-12-24-14-27-18/h4-12,27H,13-14H2,1-3H3,(H,25,26)(H,28,31). The van der Waals surface area contributed by atoms with E-state index < -0.39 is 5.41 Å². The van der Waals surface area contributed by atoms with Gasteiger partial charge in [-0.05, 0) is 49.8 Å². The molecule has 0 aliphatic carbocycles. The van der Waals surface area contributed by atoms with Crippen molar-refractivity contribution in [1.82, 2.24) is 20.5 Å². The molecule has 0 unspecified atom stereocenters. The molecule has 2 aromatic heterocycles. The van der Waals surface area contributed by atoms with Gasteiger partial charge in [-0.15, -0.1) is 10.2 Å². The summed E-state index contributed by atoms with van der Waals surface area (Å²) in [6, 6.07) is 11.1. The number of hydrogen-bond acceptors (Lipinski definition) is 8. The lowest BCUT2D eigenvalue weighted by Crippen LogP contribution is -2.24. The molecule has 3 heterocycles. The molecule has 4 rings (SSSR count). The Kier molecular flexibility index (Phi) is 5.98.